The molecule has 0 radical (unpaired) electrons. The van der Waals surface area contributed by atoms with Crippen LogP contribution in [0.4, 0.5) is 0 Å². The van der Waals surface area contributed by atoms with Gasteiger partial charge in [-0.15, -0.1) is 0 Å². The first-order valence-corrected chi connectivity index (χ1v) is 6.72. The number of aromatic amines is 1. The molecule has 2 aromatic rings. The maximum Gasteiger partial charge on any atom is 0.178 e. The van der Waals surface area contributed by atoms with E-state index in [4.69, 9.17) is 26.4 Å². The molecule has 2 rings (SSSR count). The third kappa shape index (κ3) is 2.66. The van der Waals surface area contributed by atoms with Crippen LogP contribution < -0.4 is 9.47 Å². The summed E-state index contributed by atoms with van der Waals surface area (Å²) in [4.78, 5) is 3.19. The summed E-state index contributed by atoms with van der Waals surface area (Å²) in [6.45, 7) is 4.69. The molecule has 0 aliphatic rings. The standard InChI is InChI=1S/C14H20N2O3S/c1-14(2,19-5)8-16-10-7-12(18-4)11(17-3)6-9(10)15-13(16)20/h6-7H,8H2,1-5H3,(H,15,20). The van der Waals surface area contributed by atoms with Gasteiger partial charge in [0.2, 0.25) is 0 Å². The molecule has 1 aromatic heterocycles. The Morgan fingerprint density at radius 3 is 2.30 bits per heavy atom. The molecule has 0 bridgehead atoms. The van der Waals surface area contributed by atoms with Gasteiger partial charge in [-0.25, -0.2) is 0 Å². The van der Waals surface area contributed by atoms with Crippen LogP contribution in [0.2, 0.25) is 0 Å². The van der Waals surface area contributed by atoms with E-state index in [9.17, 15) is 0 Å². The Kier molecular flexibility index (Phi) is 4.06. The molecule has 0 saturated heterocycles. The summed E-state index contributed by atoms with van der Waals surface area (Å²) in [6.07, 6.45) is 0. The quantitative estimate of drug-likeness (QED) is 0.861. The van der Waals surface area contributed by atoms with Gasteiger partial charge in [0.25, 0.3) is 0 Å². The van der Waals surface area contributed by atoms with Crippen molar-refractivity contribution in [3.8, 4) is 11.5 Å². The highest BCUT2D eigenvalue weighted by Crippen LogP contribution is 2.32. The topological polar surface area (TPSA) is 48.4 Å². The van der Waals surface area contributed by atoms with Crippen molar-refractivity contribution in [2.75, 3.05) is 21.3 Å². The third-order valence-corrected chi connectivity index (χ3v) is 3.69. The molecule has 6 heteroatoms. The molecule has 0 fully saturated rings. The van der Waals surface area contributed by atoms with Crippen molar-refractivity contribution >= 4 is 23.3 Å². The van der Waals surface area contributed by atoms with E-state index in [1.165, 1.54) is 0 Å². The fourth-order valence-electron chi connectivity index (χ4n) is 2.09. The second-order valence-corrected chi connectivity index (χ2v) is 5.59. The monoisotopic (exact) mass is 296 g/mol. The molecule has 20 heavy (non-hydrogen) atoms. The van der Waals surface area contributed by atoms with E-state index in [0.29, 0.717) is 22.8 Å². The van der Waals surface area contributed by atoms with Crippen LogP contribution >= 0.6 is 12.2 Å². The molecule has 5 nitrogen and oxygen atoms in total. The predicted octanol–water partition coefficient (Wildman–Crippen LogP) is 3.14. The zero-order valence-corrected chi connectivity index (χ0v) is 13.3. The minimum atomic E-state index is -0.305. The third-order valence-electron chi connectivity index (χ3n) is 3.37. The average Bonchev–Trinajstić information content (AvgIpc) is 2.72. The number of nitrogens with zero attached hydrogens (tertiary/aromatic N) is 1. The van der Waals surface area contributed by atoms with Crippen LogP contribution in [0, 0.1) is 4.77 Å². The summed E-state index contributed by atoms with van der Waals surface area (Å²) in [5.74, 6) is 1.35. The highest BCUT2D eigenvalue weighted by atomic mass is 32.1. The second kappa shape index (κ2) is 5.46. The van der Waals surface area contributed by atoms with Gasteiger partial charge in [-0.05, 0) is 26.1 Å². The minimum Gasteiger partial charge on any atom is -0.493 e. The zero-order valence-electron chi connectivity index (χ0n) is 12.4. The zero-order chi connectivity index (χ0) is 14.9. The number of rotatable bonds is 5. The first kappa shape index (κ1) is 14.9. The predicted molar refractivity (Wildman–Crippen MR) is 81.3 cm³/mol. The Morgan fingerprint density at radius 2 is 1.75 bits per heavy atom. The Bertz CT molecular complexity index is 673. The van der Waals surface area contributed by atoms with Crippen molar-refractivity contribution in [3.63, 3.8) is 0 Å². The van der Waals surface area contributed by atoms with Crippen molar-refractivity contribution in [1.29, 1.82) is 0 Å². The van der Waals surface area contributed by atoms with Gasteiger partial charge in [0.15, 0.2) is 16.3 Å². The number of H-pyrrole nitrogens is 1. The Labute approximate surface area is 123 Å². The van der Waals surface area contributed by atoms with Crippen molar-refractivity contribution in [1.82, 2.24) is 9.55 Å². The van der Waals surface area contributed by atoms with Crippen LogP contribution in [0.5, 0.6) is 11.5 Å². The van der Waals surface area contributed by atoms with E-state index >= 15 is 0 Å². The van der Waals surface area contributed by atoms with E-state index in [-0.39, 0.29) is 5.60 Å². The molecule has 0 spiro atoms. The molecular weight excluding hydrogens is 276 g/mol. The fraction of sp³-hybridized carbons (Fsp3) is 0.500. The average molecular weight is 296 g/mol. The maximum absolute atomic E-state index is 5.48. The van der Waals surface area contributed by atoms with E-state index in [1.54, 1.807) is 21.3 Å². The largest absolute Gasteiger partial charge is 0.493 e. The van der Waals surface area contributed by atoms with E-state index in [0.717, 1.165) is 11.0 Å². The molecule has 1 heterocycles. The Hall–Kier alpha value is -1.53. The van der Waals surface area contributed by atoms with Gasteiger partial charge in [-0.2, -0.15) is 0 Å². The van der Waals surface area contributed by atoms with Crippen LogP contribution in [-0.2, 0) is 11.3 Å². The molecule has 0 aliphatic heterocycles. The number of imidazole rings is 1. The Morgan fingerprint density at radius 1 is 1.15 bits per heavy atom. The minimum absolute atomic E-state index is 0.305. The molecule has 0 unspecified atom stereocenters. The van der Waals surface area contributed by atoms with E-state index in [1.807, 2.05) is 30.5 Å². The van der Waals surface area contributed by atoms with E-state index in [2.05, 4.69) is 4.98 Å². The van der Waals surface area contributed by atoms with Gasteiger partial charge in [0, 0.05) is 19.2 Å². The van der Waals surface area contributed by atoms with Crippen LogP contribution in [0.15, 0.2) is 12.1 Å². The number of hydrogen-bond donors (Lipinski definition) is 1. The summed E-state index contributed by atoms with van der Waals surface area (Å²) in [5, 5.41) is 0. The second-order valence-electron chi connectivity index (χ2n) is 5.20. The van der Waals surface area contributed by atoms with Gasteiger partial charge in [-0.3, -0.25) is 0 Å². The summed E-state index contributed by atoms with van der Waals surface area (Å²) in [5.41, 5.74) is 1.58. The molecule has 0 atom stereocenters. The van der Waals surface area contributed by atoms with Gasteiger partial charge < -0.3 is 23.8 Å². The maximum atomic E-state index is 5.48. The number of methoxy groups -OCH3 is 3. The molecule has 0 aliphatic carbocycles. The van der Waals surface area contributed by atoms with Gasteiger partial charge >= 0.3 is 0 Å². The smallest absolute Gasteiger partial charge is 0.178 e. The number of nitrogens with one attached hydrogen (secondary N) is 1. The number of ether oxygens (including phenoxy) is 3. The highest BCUT2D eigenvalue weighted by molar-refractivity contribution is 7.71. The summed E-state index contributed by atoms with van der Waals surface area (Å²) >= 11 is 5.40. The van der Waals surface area contributed by atoms with Crippen LogP contribution in [0.3, 0.4) is 0 Å². The molecule has 0 saturated carbocycles. The van der Waals surface area contributed by atoms with Crippen LogP contribution in [0.25, 0.3) is 11.0 Å². The highest BCUT2D eigenvalue weighted by Gasteiger charge is 2.20. The molecule has 0 amide bonds. The SMILES string of the molecule is COc1cc2[nH]c(=S)n(CC(C)(C)OC)c2cc1OC. The lowest BCUT2D eigenvalue weighted by Crippen LogP contribution is -2.29. The van der Waals surface area contributed by atoms with Crippen molar-refractivity contribution in [2.45, 2.75) is 26.0 Å². The lowest BCUT2D eigenvalue weighted by atomic mass is 10.1. The van der Waals surface area contributed by atoms with Gasteiger partial charge in [0.05, 0.1) is 37.4 Å². The number of benzene rings is 1. The van der Waals surface area contributed by atoms with Crippen LogP contribution in [0.1, 0.15) is 13.8 Å². The van der Waals surface area contributed by atoms with Gasteiger partial charge in [-0.1, -0.05) is 0 Å². The Balaban J connectivity index is 2.61. The normalized spacial score (nSPS) is 11.8. The van der Waals surface area contributed by atoms with Crippen LogP contribution in [-0.4, -0.2) is 36.5 Å². The first-order valence-electron chi connectivity index (χ1n) is 6.31. The molecular formula is C14H20N2O3S. The summed E-state index contributed by atoms with van der Waals surface area (Å²) in [7, 11) is 4.93. The summed E-state index contributed by atoms with van der Waals surface area (Å²) in [6, 6.07) is 3.81. The fourth-order valence-corrected chi connectivity index (χ4v) is 2.36. The molecule has 1 N–H and O–H groups in total. The van der Waals surface area contributed by atoms with E-state index < -0.39 is 0 Å². The number of aromatic nitrogens is 2. The van der Waals surface area contributed by atoms with Crippen molar-refractivity contribution in [3.05, 3.63) is 16.9 Å². The number of hydrogen-bond acceptors (Lipinski definition) is 4. The van der Waals surface area contributed by atoms with Crippen molar-refractivity contribution in [2.24, 2.45) is 0 Å². The lowest BCUT2D eigenvalue weighted by molar-refractivity contribution is 0.00873. The molecule has 1 aromatic carbocycles. The lowest BCUT2D eigenvalue weighted by Gasteiger charge is -2.23. The molecule has 110 valence electrons. The summed E-state index contributed by atoms with van der Waals surface area (Å²) < 4.78 is 18.8. The number of fused-ring (bicyclic) bond motifs is 1. The van der Waals surface area contributed by atoms with Crippen molar-refractivity contribution < 1.29 is 14.2 Å². The van der Waals surface area contributed by atoms with Gasteiger partial charge in [0.1, 0.15) is 0 Å². The first-order chi connectivity index (χ1) is 9.41.